The zero-order valence-electron chi connectivity index (χ0n) is 11.6. The molecule has 0 atom stereocenters. The highest BCUT2D eigenvalue weighted by atomic mass is 32.2. The minimum atomic E-state index is -3.42. The van der Waals surface area contributed by atoms with E-state index in [1.165, 1.54) is 0 Å². The molecule has 0 unspecified atom stereocenters. The number of nitriles is 1. The Morgan fingerprint density at radius 1 is 1.14 bits per heavy atom. The van der Waals surface area contributed by atoms with Gasteiger partial charge in [0.1, 0.15) is 0 Å². The Labute approximate surface area is 124 Å². The first kappa shape index (κ1) is 15.2. The Kier molecular flexibility index (Phi) is 4.68. The number of benzene rings is 1. The van der Waals surface area contributed by atoms with Crippen LogP contribution in [0.2, 0.25) is 0 Å². The molecule has 0 aliphatic heterocycles. The fraction of sp³-hybridized carbons (Fsp3) is 0.200. The van der Waals surface area contributed by atoms with E-state index in [4.69, 9.17) is 5.26 Å². The van der Waals surface area contributed by atoms with Gasteiger partial charge in [0, 0.05) is 18.4 Å². The second-order valence-corrected chi connectivity index (χ2v) is 6.50. The van der Waals surface area contributed by atoms with Crippen molar-refractivity contribution in [2.75, 3.05) is 0 Å². The van der Waals surface area contributed by atoms with Gasteiger partial charge in [-0.3, -0.25) is 4.98 Å². The van der Waals surface area contributed by atoms with Crippen LogP contribution in [0, 0.1) is 18.3 Å². The molecule has 0 fully saturated rings. The minimum Gasteiger partial charge on any atom is -0.261 e. The molecule has 6 heteroatoms. The van der Waals surface area contributed by atoms with Gasteiger partial charge in [-0.05, 0) is 36.2 Å². The fourth-order valence-corrected chi connectivity index (χ4v) is 2.86. The number of pyridine rings is 1. The van der Waals surface area contributed by atoms with Crippen LogP contribution in [0.15, 0.2) is 42.6 Å². The van der Waals surface area contributed by atoms with Crippen LogP contribution in [0.4, 0.5) is 0 Å². The van der Waals surface area contributed by atoms with E-state index in [0.717, 1.165) is 11.3 Å². The van der Waals surface area contributed by atoms with Crippen LogP contribution >= 0.6 is 0 Å². The molecule has 0 bridgehead atoms. The maximum Gasteiger partial charge on any atom is 0.216 e. The number of hydrogen-bond acceptors (Lipinski definition) is 4. The Balaban J connectivity index is 1.98. The average molecular weight is 301 g/mol. The van der Waals surface area contributed by atoms with Crippen LogP contribution in [-0.4, -0.2) is 13.4 Å². The second-order valence-electron chi connectivity index (χ2n) is 4.70. The number of rotatable bonds is 5. The highest BCUT2D eigenvalue weighted by molar-refractivity contribution is 7.88. The number of hydrogen-bond donors (Lipinski definition) is 1. The number of aryl methyl sites for hydroxylation is 1. The van der Waals surface area contributed by atoms with Gasteiger partial charge in [0.25, 0.3) is 0 Å². The summed E-state index contributed by atoms with van der Waals surface area (Å²) < 4.78 is 26.5. The Bertz CT molecular complexity index is 745. The van der Waals surface area contributed by atoms with Crippen molar-refractivity contribution >= 4 is 10.0 Å². The SMILES string of the molecule is Cc1ccc(CNS(=O)(=O)Cc2ccc(C#N)cc2)cn1. The zero-order valence-corrected chi connectivity index (χ0v) is 12.4. The lowest BCUT2D eigenvalue weighted by molar-refractivity contribution is 0.580. The summed E-state index contributed by atoms with van der Waals surface area (Å²) in [7, 11) is -3.42. The van der Waals surface area contributed by atoms with Crippen LogP contribution in [0.25, 0.3) is 0 Å². The second kappa shape index (κ2) is 6.48. The van der Waals surface area contributed by atoms with E-state index in [2.05, 4.69) is 9.71 Å². The van der Waals surface area contributed by atoms with Gasteiger partial charge in [0.15, 0.2) is 0 Å². The van der Waals surface area contributed by atoms with Gasteiger partial charge >= 0.3 is 0 Å². The van der Waals surface area contributed by atoms with Gasteiger partial charge in [-0.1, -0.05) is 18.2 Å². The van der Waals surface area contributed by atoms with E-state index in [1.807, 2.05) is 25.1 Å². The molecule has 1 aromatic heterocycles. The first-order valence-corrected chi connectivity index (χ1v) is 8.02. The van der Waals surface area contributed by atoms with Crippen LogP contribution in [-0.2, 0) is 22.3 Å². The van der Waals surface area contributed by atoms with E-state index in [0.29, 0.717) is 11.1 Å². The molecule has 2 rings (SSSR count). The molecule has 5 nitrogen and oxygen atoms in total. The quantitative estimate of drug-likeness (QED) is 0.914. The van der Waals surface area contributed by atoms with E-state index in [9.17, 15) is 8.42 Å². The standard InChI is InChI=1S/C15H15N3O2S/c1-12-2-3-15(9-17-12)10-18-21(19,20)11-14-6-4-13(8-16)5-7-14/h2-7,9,18H,10-11H2,1H3. The van der Waals surface area contributed by atoms with Crippen molar-refractivity contribution in [2.24, 2.45) is 0 Å². The summed E-state index contributed by atoms with van der Waals surface area (Å²) in [5.74, 6) is -0.113. The van der Waals surface area contributed by atoms with Crippen molar-refractivity contribution in [2.45, 2.75) is 19.2 Å². The highest BCUT2D eigenvalue weighted by Crippen LogP contribution is 2.08. The molecule has 0 radical (unpaired) electrons. The van der Waals surface area contributed by atoms with Crippen molar-refractivity contribution in [3.8, 4) is 6.07 Å². The molecule has 1 aromatic carbocycles. The number of nitrogens with zero attached hydrogens (tertiary/aromatic N) is 2. The highest BCUT2D eigenvalue weighted by Gasteiger charge is 2.11. The third-order valence-electron chi connectivity index (χ3n) is 2.91. The number of nitrogens with one attached hydrogen (secondary N) is 1. The smallest absolute Gasteiger partial charge is 0.216 e. The molecule has 0 amide bonds. The Morgan fingerprint density at radius 2 is 1.81 bits per heavy atom. The largest absolute Gasteiger partial charge is 0.261 e. The van der Waals surface area contributed by atoms with Crippen molar-refractivity contribution in [1.82, 2.24) is 9.71 Å². The predicted molar refractivity (Wildman–Crippen MR) is 79.6 cm³/mol. The van der Waals surface area contributed by atoms with Crippen molar-refractivity contribution < 1.29 is 8.42 Å². The molecule has 1 N–H and O–H groups in total. The van der Waals surface area contributed by atoms with Gasteiger partial charge < -0.3 is 0 Å². The van der Waals surface area contributed by atoms with Gasteiger partial charge in [0.05, 0.1) is 17.4 Å². The summed E-state index contributed by atoms with van der Waals surface area (Å²) in [6, 6.07) is 12.2. The van der Waals surface area contributed by atoms with Crippen molar-refractivity contribution in [3.63, 3.8) is 0 Å². The van der Waals surface area contributed by atoms with Gasteiger partial charge in [-0.15, -0.1) is 0 Å². The van der Waals surface area contributed by atoms with Crippen LogP contribution in [0.5, 0.6) is 0 Å². The normalized spacial score (nSPS) is 11.0. The van der Waals surface area contributed by atoms with Gasteiger partial charge in [-0.25, -0.2) is 13.1 Å². The molecule has 0 aliphatic carbocycles. The molecule has 0 aliphatic rings. The van der Waals surface area contributed by atoms with E-state index in [-0.39, 0.29) is 12.3 Å². The van der Waals surface area contributed by atoms with Crippen LogP contribution in [0.3, 0.4) is 0 Å². The molecule has 0 saturated carbocycles. The maximum atomic E-state index is 12.0. The summed E-state index contributed by atoms with van der Waals surface area (Å²) in [6.45, 7) is 2.09. The number of aromatic nitrogens is 1. The topological polar surface area (TPSA) is 82.9 Å². The first-order chi connectivity index (χ1) is 9.98. The zero-order chi connectivity index (χ0) is 15.3. The summed E-state index contributed by atoms with van der Waals surface area (Å²) in [5.41, 5.74) is 2.85. The predicted octanol–water partition coefficient (Wildman–Crippen LogP) is 1.88. The minimum absolute atomic E-state index is 0.113. The summed E-state index contributed by atoms with van der Waals surface area (Å²) >= 11 is 0. The number of sulfonamides is 1. The molecular weight excluding hydrogens is 286 g/mol. The Morgan fingerprint density at radius 3 is 2.38 bits per heavy atom. The molecule has 1 heterocycles. The van der Waals surface area contributed by atoms with Crippen LogP contribution in [0.1, 0.15) is 22.4 Å². The third kappa shape index (κ3) is 4.67. The third-order valence-corrected chi connectivity index (χ3v) is 4.21. The van der Waals surface area contributed by atoms with E-state index >= 15 is 0 Å². The van der Waals surface area contributed by atoms with Gasteiger partial charge in [0.2, 0.25) is 10.0 Å². The summed E-state index contributed by atoms with van der Waals surface area (Å²) in [6.07, 6.45) is 1.65. The fourth-order valence-electron chi connectivity index (χ4n) is 1.74. The maximum absolute atomic E-state index is 12.0. The molecule has 0 spiro atoms. The average Bonchev–Trinajstić information content (AvgIpc) is 2.47. The summed E-state index contributed by atoms with van der Waals surface area (Å²) in [5, 5.41) is 8.70. The lowest BCUT2D eigenvalue weighted by Crippen LogP contribution is -2.24. The molecule has 0 saturated heterocycles. The lowest BCUT2D eigenvalue weighted by atomic mass is 10.2. The molecule has 21 heavy (non-hydrogen) atoms. The molecular formula is C15H15N3O2S. The van der Waals surface area contributed by atoms with E-state index < -0.39 is 10.0 Å². The monoisotopic (exact) mass is 301 g/mol. The Hall–Kier alpha value is -2.23. The summed E-state index contributed by atoms with van der Waals surface area (Å²) in [4.78, 5) is 4.12. The van der Waals surface area contributed by atoms with Crippen molar-refractivity contribution in [3.05, 3.63) is 65.0 Å². The lowest BCUT2D eigenvalue weighted by Gasteiger charge is -2.07. The van der Waals surface area contributed by atoms with E-state index in [1.54, 1.807) is 30.5 Å². The van der Waals surface area contributed by atoms with Crippen LogP contribution < -0.4 is 4.72 Å². The molecule has 108 valence electrons. The van der Waals surface area contributed by atoms with Crippen molar-refractivity contribution in [1.29, 1.82) is 5.26 Å². The van der Waals surface area contributed by atoms with Gasteiger partial charge in [-0.2, -0.15) is 5.26 Å². The molecule has 2 aromatic rings. The first-order valence-electron chi connectivity index (χ1n) is 6.36.